The molecule has 2 unspecified atom stereocenters. The van der Waals surface area contributed by atoms with Crippen LogP contribution in [0.1, 0.15) is 54.6 Å². The van der Waals surface area contributed by atoms with Crippen LogP contribution in [0.25, 0.3) is 0 Å². The third-order valence-corrected chi connectivity index (χ3v) is 4.52. The highest BCUT2D eigenvalue weighted by molar-refractivity contribution is 5.97. The second-order valence-corrected chi connectivity index (χ2v) is 6.56. The van der Waals surface area contributed by atoms with Crippen LogP contribution in [-0.4, -0.2) is 25.1 Å². The average molecular weight is 369 g/mol. The number of carbonyl (C=O) groups is 2. The second-order valence-electron chi connectivity index (χ2n) is 6.56. The van der Waals surface area contributed by atoms with Crippen molar-refractivity contribution in [3.8, 4) is 0 Å². The van der Waals surface area contributed by atoms with Crippen molar-refractivity contribution in [2.45, 2.75) is 45.8 Å². The van der Waals surface area contributed by atoms with Crippen LogP contribution >= 0.6 is 0 Å². The van der Waals surface area contributed by atoms with Crippen LogP contribution in [-0.2, 0) is 20.9 Å². The minimum Gasteiger partial charge on any atom is -0.449 e. The van der Waals surface area contributed by atoms with E-state index in [9.17, 15) is 9.59 Å². The molecule has 1 N–H and O–H groups in total. The lowest BCUT2D eigenvalue weighted by Gasteiger charge is -2.18. The molecule has 0 saturated heterocycles. The summed E-state index contributed by atoms with van der Waals surface area (Å²) in [5.74, 6) is -0.558. The van der Waals surface area contributed by atoms with E-state index in [4.69, 9.17) is 9.47 Å². The number of para-hydroxylation sites is 1. The summed E-state index contributed by atoms with van der Waals surface area (Å²) >= 11 is 0. The summed E-state index contributed by atoms with van der Waals surface area (Å²) in [4.78, 5) is 24.7. The molecule has 5 heteroatoms. The highest BCUT2D eigenvalue weighted by Gasteiger charge is 2.20. The minimum absolute atomic E-state index is 0.324. The lowest BCUT2D eigenvalue weighted by molar-refractivity contribution is -0.123. The molecule has 2 aromatic carbocycles. The minimum atomic E-state index is -0.902. The monoisotopic (exact) mass is 369 g/mol. The molecule has 0 fully saturated rings. The van der Waals surface area contributed by atoms with Gasteiger partial charge >= 0.3 is 5.97 Å². The summed E-state index contributed by atoms with van der Waals surface area (Å²) in [5, 5.41) is 2.88. The predicted molar refractivity (Wildman–Crippen MR) is 106 cm³/mol. The van der Waals surface area contributed by atoms with Crippen LogP contribution in [0.2, 0.25) is 0 Å². The van der Waals surface area contributed by atoms with Gasteiger partial charge in [-0.3, -0.25) is 4.79 Å². The van der Waals surface area contributed by atoms with Gasteiger partial charge in [0, 0.05) is 12.8 Å². The third kappa shape index (κ3) is 5.66. The van der Waals surface area contributed by atoms with Gasteiger partial charge in [-0.1, -0.05) is 44.2 Å². The lowest BCUT2D eigenvalue weighted by atomic mass is 9.97. The Kier molecular flexibility index (Phi) is 7.55. The summed E-state index contributed by atoms with van der Waals surface area (Å²) in [5.41, 5.74) is 3.18. The SMILES string of the molecule is CCC(C)c1ccccc1NC(=O)C(C)OC(=O)c1ccc(COC)cc1. The van der Waals surface area contributed by atoms with Gasteiger partial charge in [-0.15, -0.1) is 0 Å². The summed E-state index contributed by atoms with van der Waals surface area (Å²) in [6.07, 6.45) is 0.0670. The van der Waals surface area contributed by atoms with Crippen molar-refractivity contribution in [1.29, 1.82) is 0 Å². The zero-order valence-corrected chi connectivity index (χ0v) is 16.3. The molecule has 2 atom stereocenters. The van der Waals surface area contributed by atoms with Crippen molar-refractivity contribution in [2.75, 3.05) is 12.4 Å². The van der Waals surface area contributed by atoms with Crippen LogP contribution in [0.4, 0.5) is 5.69 Å². The fourth-order valence-corrected chi connectivity index (χ4v) is 2.68. The van der Waals surface area contributed by atoms with Gasteiger partial charge in [0.25, 0.3) is 5.91 Å². The highest BCUT2D eigenvalue weighted by atomic mass is 16.5. The molecule has 0 aliphatic carbocycles. The van der Waals surface area contributed by atoms with E-state index in [-0.39, 0.29) is 5.91 Å². The van der Waals surface area contributed by atoms with Crippen molar-refractivity contribution >= 4 is 17.6 Å². The van der Waals surface area contributed by atoms with Gasteiger partial charge in [0.2, 0.25) is 0 Å². The first kappa shape index (κ1) is 20.6. The molecule has 0 saturated carbocycles. The molecule has 1 amide bonds. The van der Waals surface area contributed by atoms with Gasteiger partial charge in [-0.25, -0.2) is 4.79 Å². The van der Waals surface area contributed by atoms with Crippen molar-refractivity contribution in [3.63, 3.8) is 0 Å². The average Bonchev–Trinajstić information content (AvgIpc) is 2.68. The Bertz CT molecular complexity index is 770. The van der Waals surface area contributed by atoms with Crippen LogP contribution in [0, 0.1) is 0 Å². The first-order valence-electron chi connectivity index (χ1n) is 9.14. The first-order chi connectivity index (χ1) is 13.0. The first-order valence-corrected chi connectivity index (χ1v) is 9.14. The van der Waals surface area contributed by atoms with Crippen molar-refractivity contribution in [2.24, 2.45) is 0 Å². The van der Waals surface area contributed by atoms with E-state index in [1.807, 2.05) is 24.3 Å². The smallest absolute Gasteiger partial charge is 0.338 e. The van der Waals surface area contributed by atoms with E-state index in [2.05, 4.69) is 19.2 Å². The summed E-state index contributed by atoms with van der Waals surface area (Å²) in [6.45, 7) is 6.26. The fraction of sp³-hybridized carbons (Fsp3) is 0.364. The Balaban J connectivity index is 2.00. The number of hydrogen-bond donors (Lipinski definition) is 1. The lowest BCUT2D eigenvalue weighted by Crippen LogP contribution is -2.30. The quantitative estimate of drug-likeness (QED) is 0.694. The van der Waals surface area contributed by atoms with E-state index in [0.717, 1.165) is 23.2 Å². The molecular formula is C22H27NO4. The van der Waals surface area contributed by atoms with E-state index >= 15 is 0 Å². The van der Waals surface area contributed by atoms with Crippen LogP contribution in [0.3, 0.4) is 0 Å². The fourth-order valence-electron chi connectivity index (χ4n) is 2.68. The van der Waals surface area contributed by atoms with Crippen LogP contribution < -0.4 is 5.32 Å². The molecule has 144 valence electrons. The summed E-state index contributed by atoms with van der Waals surface area (Å²) in [6, 6.07) is 14.6. The van der Waals surface area contributed by atoms with Crippen molar-refractivity contribution in [1.82, 2.24) is 0 Å². The molecular weight excluding hydrogens is 342 g/mol. The topological polar surface area (TPSA) is 64.6 Å². The van der Waals surface area contributed by atoms with Gasteiger partial charge in [-0.2, -0.15) is 0 Å². The zero-order chi connectivity index (χ0) is 19.8. The zero-order valence-electron chi connectivity index (χ0n) is 16.3. The number of carbonyl (C=O) groups excluding carboxylic acids is 2. The number of rotatable bonds is 8. The van der Waals surface area contributed by atoms with E-state index in [0.29, 0.717) is 18.1 Å². The van der Waals surface area contributed by atoms with Crippen molar-refractivity contribution < 1.29 is 19.1 Å². The standard InChI is InChI=1S/C22H27NO4/c1-5-15(2)19-8-6-7-9-20(19)23-21(24)16(3)27-22(25)18-12-10-17(11-13-18)14-26-4/h6-13,15-16H,5,14H2,1-4H3,(H,23,24). The number of nitrogens with one attached hydrogen (secondary N) is 1. The summed E-state index contributed by atoms with van der Waals surface area (Å²) in [7, 11) is 1.61. The molecule has 0 aliphatic rings. The Hall–Kier alpha value is -2.66. The molecule has 27 heavy (non-hydrogen) atoms. The largest absolute Gasteiger partial charge is 0.449 e. The molecule has 0 aliphatic heterocycles. The molecule has 5 nitrogen and oxygen atoms in total. The maximum absolute atomic E-state index is 12.5. The van der Waals surface area contributed by atoms with Crippen molar-refractivity contribution in [3.05, 3.63) is 65.2 Å². The van der Waals surface area contributed by atoms with Crippen LogP contribution in [0.15, 0.2) is 48.5 Å². The molecule has 0 heterocycles. The molecule has 0 aromatic heterocycles. The summed E-state index contributed by atoms with van der Waals surface area (Å²) < 4.78 is 10.4. The van der Waals surface area contributed by atoms with E-state index in [1.165, 1.54) is 0 Å². The molecule has 0 bridgehead atoms. The van der Waals surface area contributed by atoms with Gasteiger partial charge in [-0.05, 0) is 48.6 Å². The number of esters is 1. The van der Waals surface area contributed by atoms with E-state index in [1.54, 1.807) is 38.3 Å². The number of anilines is 1. The Morgan fingerprint density at radius 2 is 1.70 bits per heavy atom. The van der Waals surface area contributed by atoms with Gasteiger partial charge in [0.05, 0.1) is 12.2 Å². The highest BCUT2D eigenvalue weighted by Crippen LogP contribution is 2.26. The van der Waals surface area contributed by atoms with E-state index < -0.39 is 12.1 Å². The number of benzene rings is 2. The molecule has 2 rings (SSSR count). The number of amides is 1. The number of methoxy groups -OCH3 is 1. The molecule has 0 radical (unpaired) electrons. The third-order valence-electron chi connectivity index (χ3n) is 4.52. The number of ether oxygens (including phenoxy) is 2. The Morgan fingerprint density at radius 3 is 2.33 bits per heavy atom. The van der Waals surface area contributed by atoms with Gasteiger partial charge in [0.1, 0.15) is 0 Å². The maximum atomic E-state index is 12.5. The molecule has 2 aromatic rings. The Labute approximate surface area is 160 Å². The number of hydrogen-bond acceptors (Lipinski definition) is 4. The predicted octanol–water partition coefficient (Wildman–Crippen LogP) is 4.53. The molecule has 0 spiro atoms. The second kappa shape index (κ2) is 9.88. The maximum Gasteiger partial charge on any atom is 0.338 e. The normalized spacial score (nSPS) is 12.9. The van der Waals surface area contributed by atoms with Gasteiger partial charge in [0.15, 0.2) is 6.10 Å². The van der Waals surface area contributed by atoms with Gasteiger partial charge < -0.3 is 14.8 Å². The van der Waals surface area contributed by atoms with Crippen LogP contribution in [0.5, 0.6) is 0 Å². The Morgan fingerprint density at radius 1 is 1.04 bits per heavy atom.